The van der Waals surface area contributed by atoms with Crippen molar-refractivity contribution in [2.75, 3.05) is 32.8 Å². The molecule has 1 heterocycles. The molecule has 0 bridgehead atoms. The summed E-state index contributed by atoms with van der Waals surface area (Å²) in [5.41, 5.74) is 5.12. The molecule has 0 unspecified atom stereocenters. The van der Waals surface area contributed by atoms with Gasteiger partial charge in [0, 0.05) is 26.3 Å². The number of carboxylic acid groups (broad SMARTS) is 1. The zero-order valence-corrected chi connectivity index (χ0v) is 10.9. The lowest BCUT2D eigenvalue weighted by atomic mass is 9.79. The van der Waals surface area contributed by atoms with Gasteiger partial charge in [0.15, 0.2) is 0 Å². The van der Waals surface area contributed by atoms with E-state index in [2.05, 4.69) is 0 Å². The second-order valence-corrected chi connectivity index (χ2v) is 4.72. The van der Waals surface area contributed by atoms with Gasteiger partial charge in [-0.2, -0.15) is 0 Å². The van der Waals surface area contributed by atoms with Crippen molar-refractivity contribution >= 4 is 11.9 Å². The molecule has 0 spiro atoms. The van der Waals surface area contributed by atoms with Crippen molar-refractivity contribution in [3.63, 3.8) is 0 Å². The quantitative estimate of drug-likeness (QED) is 0.703. The van der Waals surface area contributed by atoms with Gasteiger partial charge in [-0.3, -0.25) is 9.59 Å². The molecule has 18 heavy (non-hydrogen) atoms. The number of aliphatic carboxylic acids is 1. The van der Waals surface area contributed by atoms with Crippen LogP contribution in [0.1, 0.15) is 26.2 Å². The van der Waals surface area contributed by atoms with Gasteiger partial charge in [0.2, 0.25) is 5.91 Å². The standard InChI is InChI=1S/C12H22N2O4/c1-2-5-14(8-10(15)16)11(17)12(9-13)3-6-18-7-4-12/h2-9,13H2,1H3,(H,15,16). The van der Waals surface area contributed by atoms with Crippen LogP contribution in [0.15, 0.2) is 0 Å². The SMILES string of the molecule is CCCN(CC(=O)O)C(=O)C1(CN)CCOCC1. The zero-order chi connectivity index (χ0) is 13.6. The number of hydrogen-bond acceptors (Lipinski definition) is 4. The summed E-state index contributed by atoms with van der Waals surface area (Å²) in [4.78, 5) is 24.7. The molecule has 6 heteroatoms. The Balaban J connectivity index is 2.81. The zero-order valence-electron chi connectivity index (χ0n) is 10.9. The van der Waals surface area contributed by atoms with Gasteiger partial charge in [0.05, 0.1) is 5.41 Å². The molecule has 0 aliphatic carbocycles. The third-order valence-corrected chi connectivity index (χ3v) is 3.40. The van der Waals surface area contributed by atoms with Crippen molar-refractivity contribution in [3.8, 4) is 0 Å². The molecule has 0 aromatic heterocycles. The highest BCUT2D eigenvalue weighted by Gasteiger charge is 2.41. The molecule has 1 amide bonds. The number of nitrogens with two attached hydrogens (primary N) is 1. The fourth-order valence-corrected chi connectivity index (χ4v) is 2.29. The molecule has 0 saturated carbocycles. The topological polar surface area (TPSA) is 92.9 Å². The highest BCUT2D eigenvalue weighted by atomic mass is 16.5. The minimum absolute atomic E-state index is 0.141. The second-order valence-electron chi connectivity index (χ2n) is 4.72. The molecule has 1 fully saturated rings. The minimum Gasteiger partial charge on any atom is -0.480 e. The van der Waals surface area contributed by atoms with E-state index in [-0.39, 0.29) is 19.0 Å². The molecule has 0 radical (unpaired) electrons. The van der Waals surface area contributed by atoms with Gasteiger partial charge in [-0.1, -0.05) is 6.92 Å². The van der Waals surface area contributed by atoms with Crippen LogP contribution >= 0.6 is 0 Å². The maximum Gasteiger partial charge on any atom is 0.323 e. The normalized spacial score (nSPS) is 18.3. The van der Waals surface area contributed by atoms with Gasteiger partial charge >= 0.3 is 5.97 Å². The number of carboxylic acids is 1. The first-order chi connectivity index (χ1) is 8.55. The fraction of sp³-hybridized carbons (Fsp3) is 0.833. The smallest absolute Gasteiger partial charge is 0.323 e. The molecule has 1 aliphatic rings. The third kappa shape index (κ3) is 3.43. The fourth-order valence-electron chi connectivity index (χ4n) is 2.29. The van der Waals surface area contributed by atoms with Crippen LogP contribution < -0.4 is 5.73 Å². The predicted octanol–water partition coefficient (Wildman–Crippen LogP) is 0.0651. The van der Waals surface area contributed by atoms with E-state index in [9.17, 15) is 9.59 Å². The van der Waals surface area contributed by atoms with E-state index in [0.29, 0.717) is 32.6 Å². The molecule has 0 atom stereocenters. The summed E-state index contributed by atoms with van der Waals surface area (Å²) in [6.07, 6.45) is 1.88. The van der Waals surface area contributed by atoms with Gasteiger partial charge in [-0.05, 0) is 19.3 Å². The van der Waals surface area contributed by atoms with Crippen LogP contribution in [0.4, 0.5) is 0 Å². The number of carbonyl (C=O) groups excluding carboxylic acids is 1. The van der Waals surface area contributed by atoms with Crippen LogP contribution in [0, 0.1) is 5.41 Å². The van der Waals surface area contributed by atoms with Crippen LogP contribution in [0.5, 0.6) is 0 Å². The van der Waals surface area contributed by atoms with E-state index in [1.54, 1.807) is 0 Å². The lowest BCUT2D eigenvalue weighted by Crippen LogP contribution is -2.52. The van der Waals surface area contributed by atoms with E-state index in [1.165, 1.54) is 4.90 Å². The van der Waals surface area contributed by atoms with E-state index >= 15 is 0 Å². The minimum atomic E-state index is -0.990. The van der Waals surface area contributed by atoms with Crippen LogP contribution in [0.3, 0.4) is 0 Å². The molecule has 1 saturated heterocycles. The summed E-state index contributed by atoms with van der Waals surface area (Å²) in [7, 11) is 0. The Labute approximate surface area is 107 Å². The highest BCUT2D eigenvalue weighted by molar-refractivity contribution is 5.86. The molecule has 6 nitrogen and oxygen atoms in total. The first-order valence-electron chi connectivity index (χ1n) is 6.34. The molecule has 1 aliphatic heterocycles. The number of rotatable bonds is 6. The van der Waals surface area contributed by atoms with E-state index in [0.717, 1.165) is 6.42 Å². The summed E-state index contributed by atoms with van der Waals surface area (Å²) in [6.45, 7) is 3.38. The monoisotopic (exact) mass is 258 g/mol. The highest BCUT2D eigenvalue weighted by Crippen LogP contribution is 2.31. The Morgan fingerprint density at radius 3 is 2.44 bits per heavy atom. The van der Waals surface area contributed by atoms with Crippen molar-refractivity contribution in [2.45, 2.75) is 26.2 Å². The van der Waals surface area contributed by atoms with Crippen LogP contribution in [0.25, 0.3) is 0 Å². The van der Waals surface area contributed by atoms with Gasteiger partial charge in [0.1, 0.15) is 6.54 Å². The van der Waals surface area contributed by atoms with Crippen molar-refractivity contribution in [2.24, 2.45) is 11.1 Å². The lowest BCUT2D eigenvalue weighted by molar-refractivity contribution is -0.153. The van der Waals surface area contributed by atoms with Crippen LogP contribution in [0.2, 0.25) is 0 Å². The first-order valence-corrected chi connectivity index (χ1v) is 6.34. The van der Waals surface area contributed by atoms with E-state index in [1.807, 2.05) is 6.92 Å². The van der Waals surface area contributed by atoms with Gasteiger partial charge < -0.3 is 20.5 Å². The average molecular weight is 258 g/mol. The Morgan fingerprint density at radius 2 is 2.00 bits per heavy atom. The van der Waals surface area contributed by atoms with E-state index < -0.39 is 11.4 Å². The number of amides is 1. The van der Waals surface area contributed by atoms with Crippen molar-refractivity contribution in [1.82, 2.24) is 4.90 Å². The Hall–Kier alpha value is -1.14. The molecule has 0 aromatic rings. The maximum absolute atomic E-state index is 12.5. The van der Waals surface area contributed by atoms with Crippen LogP contribution in [-0.4, -0.2) is 54.7 Å². The van der Waals surface area contributed by atoms with Gasteiger partial charge in [-0.25, -0.2) is 0 Å². The maximum atomic E-state index is 12.5. The Bertz CT molecular complexity index is 300. The van der Waals surface area contributed by atoms with Crippen molar-refractivity contribution in [1.29, 1.82) is 0 Å². The summed E-state index contributed by atoms with van der Waals surface area (Å²) >= 11 is 0. The largest absolute Gasteiger partial charge is 0.480 e. The first kappa shape index (κ1) is 14.9. The number of hydrogen-bond donors (Lipinski definition) is 2. The number of ether oxygens (including phenoxy) is 1. The van der Waals surface area contributed by atoms with Crippen LogP contribution in [-0.2, 0) is 14.3 Å². The molecule has 0 aromatic carbocycles. The van der Waals surface area contributed by atoms with Crippen molar-refractivity contribution in [3.05, 3.63) is 0 Å². The summed E-state index contributed by atoms with van der Waals surface area (Å²) < 4.78 is 5.25. The number of nitrogens with zero attached hydrogens (tertiary/aromatic N) is 1. The lowest BCUT2D eigenvalue weighted by Gasteiger charge is -2.38. The molecular weight excluding hydrogens is 236 g/mol. The predicted molar refractivity (Wildman–Crippen MR) is 66.0 cm³/mol. The molecule has 3 N–H and O–H groups in total. The molecule has 104 valence electrons. The summed E-state index contributed by atoms with van der Waals surface area (Å²) in [5, 5.41) is 8.86. The third-order valence-electron chi connectivity index (χ3n) is 3.40. The van der Waals surface area contributed by atoms with E-state index in [4.69, 9.17) is 15.6 Å². The number of carbonyl (C=O) groups is 2. The molecular formula is C12H22N2O4. The Kier molecular flexibility index (Phi) is 5.55. The summed E-state index contributed by atoms with van der Waals surface area (Å²) in [6, 6.07) is 0. The molecule has 1 rings (SSSR count). The Morgan fingerprint density at radius 1 is 1.39 bits per heavy atom. The van der Waals surface area contributed by atoms with Gasteiger partial charge in [0.25, 0.3) is 0 Å². The van der Waals surface area contributed by atoms with Gasteiger partial charge in [-0.15, -0.1) is 0 Å². The van der Waals surface area contributed by atoms with Crippen molar-refractivity contribution < 1.29 is 19.4 Å². The summed E-state index contributed by atoms with van der Waals surface area (Å²) in [5.74, 6) is -1.13. The second kappa shape index (κ2) is 6.70. The average Bonchev–Trinajstić information content (AvgIpc) is 2.37.